The zero-order valence-corrected chi connectivity index (χ0v) is 14.8. The molecule has 2 rings (SSSR count). The van der Waals surface area contributed by atoms with Crippen molar-refractivity contribution < 1.29 is 9.47 Å². The molecule has 0 spiro atoms. The van der Waals surface area contributed by atoms with Gasteiger partial charge >= 0.3 is 0 Å². The molecule has 2 aromatic carbocycles. The predicted octanol–water partition coefficient (Wildman–Crippen LogP) is 5.54. The smallest absolute Gasteiger partial charge is 0.125 e. The summed E-state index contributed by atoms with van der Waals surface area (Å²) in [5, 5.41) is 0. The molecule has 2 aromatic rings. The van der Waals surface area contributed by atoms with Gasteiger partial charge in [-0.15, -0.1) is 11.6 Å². The number of methoxy groups -OCH3 is 1. The fourth-order valence-corrected chi connectivity index (χ4v) is 2.94. The van der Waals surface area contributed by atoms with Gasteiger partial charge in [0, 0.05) is 20.4 Å². The molecule has 0 saturated heterocycles. The quantitative estimate of drug-likeness (QED) is 0.592. The summed E-state index contributed by atoms with van der Waals surface area (Å²) in [6, 6.07) is 11.6. The van der Waals surface area contributed by atoms with E-state index in [1.165, 1.54) is 0 Å². The molecular formula is C15H13Br2ClO2. The molecule has 0 aliphatic carbocycles. The summed E-state index contributed by atoms with van der Waals surface area (Å²) < 4.78 is 13.1. The van der Waals surface area contributed by atoms with Gasteiger partial charge < -0.3 is 9.47 Å². The third kappa shape index (κ3) is 3.90. The van der Waals surface area contributed by atoms with Gasteiger partial charge in [-0.1, -0.05) is 31.9 Å². The van der Waals surface area contributed by atoms with Crippen LogP contribution in [0.1, 0.15) is 11.1 Å². The molecule has 0 unspecified atom stereocenters. The first-order valence-electron chi connectivity index (χ1n) is 5.93. The fraction of sp³-hybridized carbons (Fsp3) is 0.200. The number of benzene rings is 2. The van der Waals surface area contributed by atoms with Crippen LogP contribution in [0.3, 0.4) is 0 Å². The highest BCUT2D eigenvalue weighted by Gasteiger charge is 2.06. The predicted molar refractivity (Wildman–Crippen MR) is 88.7 cm³/mol. The fourth-order valence-electron chi connectivity index (χ4n) is 1.76. The monoisotopic (exact) mass is 418 g/mol. The van der Waals surface area contributed by atoms with Crippen molar-refractivity contribution >= 4 is 43.5 Å². The third-order valence-electron chi connectivity index (χ3n) is 2.80. The topological polar surface area (TPSA) is 18.5 Å². The summed E-state index contributed by atoms with van der Waals surface area (Å²) in [5.74, 6) is 2.03. The second-order valence-corrected chi connectivity index (χ2v) is 6.17. The Labute approximate surface area is 140 Å². The minimum absolute atomic E-state index is 0.436. The average molecular weight is 421 g/mol. The number of rotatable bonds is 5. The number of ether oxygens (including phenoxy) is 2. The highest BCUT2D eigenvalue weighted by Crippen LogP contribution is 2.27. The standard InChI is InChI=1S/C15H13Br2ClO2/c1-19-15-5-2-12(16)6-11(15)9-20-13-3-4-14(17)10(7-13)8-18/h2-7H,8-9H2,1H3. The highest BCUT2D eigenvalue weighted by atomic mass is 79.9. The van der Waals surface area contributed by atoms with Gasteiger partial charge in [0.1, 0.15) is 18.1 Å². The molecule has 106 valence electrons. The molecule has 0 heterocycles. The summed E-state index contributed by atoms with van der Waals surface area (Å²) in [6.45, 7) is 0.436. The van der Waals surface area contributed by atoms with Gasteiger partial charge in [-0.2, -0.15) is 0 Å². The van der Waals surface area contributed by atoms with Crippen LogP contribution in [0.5, 0.6) is 11.5 Å². The molecular weight excluding hydrogens is 407 g/mol. The summed E-state index contributed by atoms with van der Waals surface area (Å²) in [6.07, 6.45) is 0. The molecule has 0 aliphatic heterocycles. The Morgan fingerprint density at radius 2 is 1.85 bits per heavy atom. The first kappa shape index (κ1) is 15.7. The van der Waals surface area contributed by atoms with Crippen molar-refractivity contribution in [1.82, 2.24) is 0 Å². The van der Waals surface area contributed by atoms with Crippen LogP contribution < -0.4 is 9.47 Å². The minimum atomic E-state index is 0.436. The zero-order chi connectivity index (χ0) is 14.5. The van der Waals surface area contributed by atoms with Gasteiger partial charge in [0.05, 0.1) is 7.11 Å². The second kappa shape index (κ2) is 7.34. The molecule has 2 nitrogen and oxygen atoms in total. The Kier molecular flexibility index (Phi) is 5.75. The maximum Gasteiger partial charge on any atom is 0.125 e. The van der Waals surface area contributed by atoms with Gasteiger partial charge in [0.15, 0.2) is 0 Å². The van der Waals surface area contributed by atoms with Gasteiger partial charge in [-0.25, -0.2) is 0 Å². The molecule has 0 bridgehead atoms. The van der Waals surface area contributed by atoms with E-state index in [-0.39, 0.29) is 0 Å². The first-order valence-corrected chi connectivity index (χ1v) is 8.05. The molecule has 0 saturated carbocycles. The van der Waals surface area contributed by atoms with Crippen molar-refractivity contribution in [1.29, 1.82) is 0 Å². The van der Waals surface area contributed by atoms with Gasteiger partial charge in [0.2, 0.25) is 0 Å². The lowest BCUT2D eigenvalue weighted by Crippen LogP contribution is -1.99. The number of hydrogen-bond acceptors (Lipinski definition) is 2. The van der Waals surface area contributed by atoms with E-state index in [4.69, 9.17) is 21.1 Å². The SMILES string of the molecule is COc1ccc(Br)cc1COc1ccc(Br)c(CCl)c1. The largest absolute Gasteiger partial charge is 0.496 e. The Hall–Kier alpha value is -0.710. The van der Waals surface area contributed by atoms with E-state index in [0.29, 0.717) is 12.5 Å². The third-order valence-corrected chi connectivity index (χ3v) is 4.35. The van der Waals surface area contributed by atoms with Crippen LogP contribution >= 0.6 is 43.5 Å². The molecule has 0 aromatic heterocycles. The van der Waals surface area contributed by atoms with Crippen LogP contribution in [0.2, 0.25) is 0 Å². The van der Waals surface area contributed by atoms with E-state index in [1.807, 2.05) is 36.4 Å². The normalized spacial score (nSPS) is 10.4. The molecule has 0 radical (unpaired) electrons. The Balaban J connectivity index is 2.14. The van der Waals surface area contributed by atoms with Crippen LogP contribution in [0, 0.1) is 0 Å². The van der Waals surface area contributed by atoms with Crippen molar-refractivity contribution in [3.8, 4) is 11.5 Å². The van der Waals surface area contributed by atoms with Crippen LogP contribution in [0.4, 0.5) is 0 Å². The lowest BCUT2D eigenvalue weighted by Gasteiger charge is -2.12. The van der Waals surface area contributed by atoms with E-state index in [2.05, 4.69) is 31.9 Å². The van der Waals surface area contributed by atoms with Gasteiger partial charge in [0.25, 0.3) is 0 Å². The van der Waals surface area contributed by atoms with Crippen molar-refractivity contribution in [3.63, 3.8) is 0 Å². The molecule has 0 amide bonds. The lowest BCUT2D eigenvalue weighted by molar-refractivity contribution is 0.296. The van der Waals surface area contributed by atoms with Crippen molar-refractivity contribution in [3.05, 3.63) is 56.5 Å². The highest BCUT2D eigenvalue weighted by molar-refractivity contribution is 9.10. The number of hydrogen-bond donors (Lipinski definition) is 0. The van der Waals surface area contributed by atoms with Crippen LogP contribution in [-0.2, 0) is 12.5 Å². The molecule has 0 aliphatic rings. The van der Waals surface area contributed by atoms with Gasteiger partial charge in [-0.05, 0) is 42.0 Å². The van der Waals surface area contributed by atoms with E-state index in [1.54, 1.807) is 7.11 Å². The summed E-state index contributed by atoms with van der Waals surface area (Å²) in [7, 11) is 1.65. The Morgan fingerprint density at radius 3 is 2.55 bits per heavy atom. The molecule has 0 N–H and O–H groups in total. The summed E-state index contributed by atoms with van der Waals surface area (Å²) in [4.78, 5) is 0. The molecule has 0 atom stereocenters. The van der Waals surface area contributed by atoms with Crippen molar-refractivity contribution in [2.75, 3.05) is 7.11 Å². The van der Waals surface area contributed by atoms with E-state index >= 15 is 0 Å². The Bertz CT molecular complexity index is 602. The second-order valence-electron chi connectivity index (χ2n) is 4.13. The van der Waals surface area contributed by atoms with Crippen LogP contribution in [-0.4, -0.2) is 7.11 Å². The van der Waals surface area contributed by atoms with E-state index in [0.717, 1.165) is 31.6 Å². The maximum atomic E-state index is 5.88. The Morgan fingerprint density at radius 1 is 1.05 bits per heavy atom. The number of halogens is 3. The molecule has 5 heteroatoms. The van der Waals surface area contributed by atoms with Crippen molar-refractivity contribution in [2.24, 2.45) is 0 Å². The lowest BCUT2D eigenvalue weighted by atomic mass is 10.2. The molecule has 20 heavy (non-hydrogen) atoms. The number of alkyl halides is 1. The van der Waals surface area contributed by atoms with E-state index in [9.17, 15) is 0 Å². The summed E-state index contributed by atoms with van der Waals surface area (Å²) >= 11 is 12.8. The zero-order valence-electron chi connectivity index (χ0n) is 10.8. The van der Waals surface area contributed by atoms with Crippen LogP contribution in [0.15, 0.2) is 45.3 Å². The first-order chi connectivity index (χ1) is 9.63. The summed E-state index contributed by atoms with van der Waals surface area (Å²) in [5.41, 5.74) is 1.99. The average Bonchev–Trinajstić information content (AvgIpc) is 2.46. The van der Waals surface area contributed by atoms with E-state index < -0.39 is 0 Å². The maximum absolute atomic E-state index is 5.88. The molecule has 0 fully saturated rings. The minimum Gasteiger partial charge on any atom is -0.496 e. The van der Waals surface area contributed by atoms with Crippen LogP contribution in [0.25, 0.3) is 0 Å². The van der Waals surface area contributed by atoms with Crippen molar-refractivity contribution in [2.45, 2.75) is 12.5 Å². The van der Waals surface area contributed by atoms with Gasteiger partial charge in [-0.3, -0.25) is 0 Å².